The molecule has 1 heterocycles. The standard InChI is InChI=1S/C16H29N3O/c1-6-8-15(20-7-2)16-18-12(4)14(13(5)19-16)9-11(3)10-17/h11,15H,6-10,17H2,1-5H3. The summed E-state index contributed by atoms with van der Waals surface area (Å²) in [7, 11) is 0. The lowest BCUT2D eigenvalue weighted by Gasteiger charge is -2.19. The van der Waals surface area contributed by atoms with Crippen molar-refractivity contribution in [3.05, 3.63) is 22.8 Å². The molecule has 4 heteroatoms. The maximum absolute atomic E-state index is 5.78. The van der Waals surface area contributed by atoms with E-state index < -0.39 is 0 Å². The normalized spacial score (nSPS) is 14.3. The lowest BCUT2D eigenvalue weighted by atomic mass is 9.98. The van der Waals surface area contributed by atoms with E-state index in [9.17, 15) is 0 Å². The lowest BCUT2D eigenvalue weighted by molar-refractivity contribution is 0.0491. The Bertz CT molecular complexity index is 391. The van der Waals surface area contributed by atoms with Gasteiger partial charge in [0.2, 0.25) is 0 Å². The first kappa shape index (κ1) is 17.1. The molecule has 2 atom stereocenters. The Morgan fingerprint density at radius 2 is 1.75 bits per heavy atom. The van der Waals surface area contributed by atoms with Gasteiger partial charge in [0.05, 0.1) is 0 Å². The van der Waals surface area contributed by atoms with E-state index in [1.807, 2.05) is 6.92 Å². The molecular weight excluding hydrogens is 250 g/mol. The van der Waals surface area contributed by atoms with Crippen molar-refractivity contribution in [3.63, 3.8) is 0 Å². The van der Waals surface area contributed by atoms with Gasteiger partial charge in [-0.1, -0.05) is 20.3 Å². The molecule has 2 unspecified atom stereocenters. The van der Waals surface area contributed by atoms with E-state index in [-0.39, 0.29) is 6.10 Å². The second-order valence-corrected chi connectivity index (χ2v) is 5.51. The van der Waals surface area contributed by atoms with Crippen LogP contribution in [0.1, 0.15) is 62.5 Å². The third kappa shape index (κ3) is 4.53. The highest BCUT2D eigenvalue weighted by Crippen LogP contribution is 2.23. The molecule has 0 bridgehead atoms. The van der Waals surface area contributed by atoms with Gasteiger partial charge in [-0.15, -0.1) is 0 Å². The summed E-state index contributed by atoms with van der Waals surface area (Å²) in [4.78, 5) is 9.36. The Labute approximate surface area is 123 Å². The largest absolute Gasteiger partial charge is 0.371 e. The Morgan fingerprint density at radius 3 is 2.20 bits per heavy atom. The quantitative estimate of drug-likeness (QED) is 0.794. The van der Waals surface area contributed by atoms with Crippen molar-refractivity contribution in [1.29, 1.82) is 0 Å². The molecule has 1 aromatic heterocycles. The maximum Gasteiger partial charge on any atom is 0.157 e. The van der Waals surface area contributed by atoms with Crippen molar-refractivity contribution in [3.8, 4) is 0 Å². The van der Waals surface area contributed by atoms with Gasteiger partial charge < -0.3 is 10.5 Å². The van der Waals surface area contributed by atoms with E-state index in [0.29, 0.717) is 19.1 Å². The molecule has 0 amide bonds. The smallest absolute Gasteiger partial charge is 0.157 e. The van der Waals surface area contributed by atoms with Crippen LogP contribution in [0.4, 0.5) is 0 Å². The molecule has 20 heavy (non-hydrogen) atoms. The molecule has 0 aliphatic heterocycles. The van der Waals surface area contributed by atoms with Crippen molar-refractivity contribution in [1.82, 2.24) is 9.97 Å². The highest BCUT2D eigenvalue weighted by molar-refractivity contribution is 5.25. The summed E-state index contributed by atoms with van der Waals surface area (Å²) in [5.74, 6) is 1.29. The molecule has 0 aliphatic rings. The zero-order valence-corrected chi connectivity index (χ0v) is 13.6. The van der Waals surface area contributed by atoms with E-state index in [0.717, 1.165) is 36.5 Å². The third-order valence-electron chi connectivity index (χ3n) is 3.60. The van der Waals surface area contributed by atoms with E-state index in [4.69, 9.17) is 10.5 Å². The number of nitrogens with two attached hydrogens (primary N) is 1. The first-order chi connectivity index (χ1) is 9.53. The Morgan fingerprint density at radius 1 is 1.15 bits per heavy atom. The number of nitrogens with zero attached hydrogens (tertiary/aromatic N) is 2. The summed E-state index contributed by atoms with van der Waals surface area (Å²) >= 11 is 0. The highest BCUT2D eigenvalue weighted by atomic mass is 16.5. The zero-order chi connectivity index (χ0) is 15.1. The van der Waals surface area contributed by atoms with Crippen LogP contribution in [0.2, 0.25) is 0 Å². The van der Waals surface area contributed by atoms with Crippen LogP contribution >= 0.6 is 0 Å². The SMILES string of the molecule is CCCC(OCC)c1nc(C)c(CC(C)CN)c(C)n1. The second kappa shape index (κ2) is 8.32. The van der Waals surface area contributed by atoms with Crippen molar-refractivity contribution in [2.45, 2.75) is 60.0 Å². The summed E-state index contributed by atoms with van der Waals surface area (Å²) in [6.45, 7) is 11.8. The van der Waals surface area contributed by atoms with Gasteiger partial charge in [-0.3, -0.25) is 0 Å². The van der Waals surface area contributed by atoms with Gasteiger partial charge in [0, 0.05) is 18.0 Å². The van der Waals surface area contributed by atoms with E-state index in [1.165, 1.54) is 5.56 Å². The molecule has 0 fully saturated rings. The highest BCUT2D eigenvalue weighted by Gasteiger charge is 2.17. The molecule has 1 rings (SSSR count). The molecule has 0 spiro atoms. The molecule has 4 nitrogen and oxygen atoms in total. The number of aryl methyl sites for hydroxylation is 2. The average Bonchev–Trinajstić information content (AvgIpc) is 2.42. The predicted octanol–water partition coefficient (Wildman–Crippen LogP) is 3.11. The fourth-order valence-electron chi connectivity index (χ4n) is 2.39. The van der Waals surface area contributed by atoms with Crippen molar-refractivity contribution >= 4 is 0 Å². The lowest BCUT2D eigenvalue weighted by Crippen LogP contribution is -2.17. The number of hydrogen-bond acceptors (Lipinski definition) is 4. The number of ether oxygens (including phenoxy) is 1. The van der Waals surface area contributed by atoms with Gasteiger partial charge in [-0.25, -0.2) is 9.97 Å². The van der Waals surface area contributed by atoms with Crippen molar-refractivity contribution in [2.75, 3.05) is 13.2 Å². The fourth-order valence-corrected chi connectivity index (χ4v) is 2.39. The molecule has 0 aromatic carbocycles. The topological polar surface area (TPSA) is 61.0 Å². The number of rotatable bonds is 8. The Balaban J connectivity index is 3.01. The van der Waals surface area contributed by atoms with Crippen LogP contribution in [0.15, 0.2) is 0 Å². The first-order valence-corrected chi connectivity index (χ1v) is 7.69. The molecule has 2 N–H and O–H groups in total. The van der Waals surface area contributed by atoms with Crippen LogP contribution in [0, 0.1) is 19.8 Å². The molecular formula is C16H29N3O. The molecule has 0 radical (unpaired) electrons. The van der Waals surface area contributed by atoms with Crippen LogP contribution in [0.25, 0.3) is 0 Å². The van der Waals surface area contributed by atoms with Gasteiger partial charge in [-0.2, -0.15) is 0 Å². The van der Waals surface area contributed by atoms with Crippen LogP contribution in [-0.2, 0) is 11.2 Å². The van der Waals surface area contributed by atoms with Crippen molar-refractivity contribution < 1.29 is 4.74 Å². The summed E-state index contributed by atoms with van der Waals surface area (Å²) in [5.41, 5.74) is 9.08. The van der Waals surface area contributed by atoms with E-state index >= 15 is 0 Å². The van der Waals surface area contributed by atoms with Gasteiger partial charge in [0.1, 0.15) is 6.10 Å². The number of aromatic nitrogens is 2. The van der Waals surface area contributed by atoms with E-state index in [2.05, 4.69) is 37.7 Å². The van der Waals surface area contributed by atoms with Gasteiger partial charge in [-0.05, 0) is 51.6 Å². The minimum atomic E-state index is 0.0170. The van der Waals surface area contributed by atoms with E-state index in [1.54, 1.807) is 0 Å². The third-order valence-corrected chi connectivity index (χ3v) is 3.60. The predicted molar refractivity (Wildman–Crippen MR) is 82.7 cm³/mol. The number of hydrogen-bond donors (Lipinski definition) is 1. The van der Waals surface area contributed by atoms with Gasteiger partial charge in [0.25, 0.3) is 0 Å². The average molecular weight is 279 g/mol. The van der Waals surface area contributed by atoms with Gasteiger partial charge in [0.15, 0.2) is 5.82 Å². The van der Waals surface area contributed by atoms with Crippen LogP contribution < -0.4 is 5.73 Å². The minimum Gasteiger partial charge on any atom is -0.371 e. The zero-order valence-electron chi connectivity index (χ0n) is 13.6. The fraction of sp³-hybridized carbons (Fsp3) is 0.750. The first-order valence-electron chi connectivity index (χ1n) is 7.69. The maximum atomic E-state index is 5.78. The van der Waals surface area contributed by atoms with Crippen LogP contribution in [0.5, 0.6) is 0 Å². The summed E-state index contributed by atoms with van der Waals surface area (Å²) < 4.78 is 5.78. The molecule has 0 saturated carbocycles. The Hall–Kier alpha value is -1.00. The molecule has 114 valence electrons. The molecule has 0 aliphatic carbocycles. The Kier molecular flexibility index (Phi) is 7.10. The molecule has 1 aromatic rings. The second-order valence-electron chi connectivity index (χ2n) is 5.51. The van der Waals surface area contributed by atoms with Gasteiger partial charge >= 0.3 is 0 Å². The summed E-state index contributed by atoms with van der Waals surface area (Å²) in [6.07, 6.45) is 2.99. The van der Waals surface area contributed by atoms with Crippen molar-refractivity contribution in [2.24, 2.45) is 11.7 Å². The van der Waals surface area contributed by atoms with Crippen LogP contribution in [0.3, 0.4) is 0 Å². The summed E-state index contributed by atoms with van der Waals surface area (Å²) in [6, 6.07) is 0. The summed E-state index contributed by atoms with van der Waals surface area (Å²) in [5, 5.41) is 0. The molecule has 0 saturated heterocycles. The minimum absolute atomic E-state index is 0.0170. The van der Waals surface area contributed by atoms with Crippen LogP contribution in [-0.4, -0.2) is 23.1 Å². The monoisotopic (exact) mass is 279 g/mol.